The third-order valence-corrected chi connectivity index (χ3v) is 3.42. The lowest BCUT2D eigenvalue weighted by Crippen LogP contribution is -2.08. The molecule has 0 atom stereocenters. The standard InChI is InChI=1S/C14H14N2O3/c1-9(16(17)18)7-10-8-15-12-4-5-13-11(14(10)12)3-2-6-19-13/h4-5,7-8,15H,2-3,6H2,1H3. The third kappa shape index (κ3) is 1.97. The van der Waals surface area contributed by atoms with E-state index in [1.165, 1.54) is 6.92 Å². The van der Waals surface area contributed by atoms with Crippen molar-refractivity contribution in [1.82, 2.24) is 4.98 Å². The van der Waals surface area contributed by atoms with Crippen LogP contribution in [0.1, 0.15) is 24.5 Å². The summed E-state index contributed by atoms with van der Waals surface area (Å²) in [6, 6.07) is 3.92. The number of benzene rings is 1. The van der Waals surface area contributed by atoms with E-state index in [0.29, 0.717) is 0 Å². The fourth-order valence-corrected chi connectivity index (χ4v) is 2.51. The minimum atomic E-state index is -0.370. The van der Waals surface area contributed by atoms with Crippen molar-refractivity contribution in [3.63, 3.8) is 0 Å². The lowest BCUT2D eigenvalue weighted by atomic mass is 9.99. The highest BCUT2D eigenvalue weighted by Crippen LogP contribution is 2.34. The number of nitrogens with one attached hydrogen (secondary N) is 1. The maximum absolute atomic E-state index is 10.8. The van der Waals surface area contributed by atoms with Gasteiger partial charge in [0.15, 0.2) is 0 Å². The second-order valence-electron chi connectivity index (χ2n) is 4.70. The molecule has 0 aliphatic carbocycles. The molecular formula is C14H14N2O3. The molecule has 3 rings (SSSR count). The van der Waals surface area contributed by atoms with Gasteiger partial charge in [0, 0.05) is 41.2 Å². The number of aromatic nitrogens is 1. The first kappa shape index (κ1) is 11.8. The van der Waals surface area contributed by atoms with Gasteiger partial charge in [0.1, 0.15) is 5.75 Å². The SMILES string of the molecule is CC(=Cc1c[nH]c2ccc3c(c12)CCCO3)[N+](=O)[O-]. The largest absolute Gasteiger partial charge is 0.493 e. The molecule has 98 valence electrons. The van der Waals surface area contributed by atoms with E-state index in [1.807, 2.05) is 18.3 Å². The Balaban J connectivity index is 2.21. The Kier molecular flexibility index (Phi) is 2.74. The summed E-state index contributed by atoms with van der Waals surface area (Å²) in [5.74, 6) is 0.895. The summed E-state index contributed by atoms with van der Waals surface area (Å²) < 4.78 is 5.64. The van der Waals surface area contributed by atoms with Crippen LogP contribution >= 0.6 is 0 Å². The fraction of sp³-hybridized carbons (Fsp3) is 0.286. The number of aryl methyl sites for hydroxylation is 1. The first-order chi connectivity index (χ1) is 9.16. The molecule has 1 aliphatic rings. The van der Waals surface area contributed by atoms with Crippen molar-refractivity contribution in [3.8, 4) is 5.75 Å². The Morgan fingerprint density at radius 3 is 3.16 bits per heavy atom. The number of nitro groups is 1. The number of H-pyrrole nitrogens is 1. The van der Waals surface area contributed by atoms with Crippen LogP contribution in [0.15, 0.2) is 24.0 Å². The molecule has 0 bridgehead atoms. The van der Waals surface area contributed by atoms with Gasteiger partial charge < -0.3 is 9.72 Å². The van der Waals surface area contributed by atoms with Crippen LogP contribution in [0.3, 0.4) is 0 Å². The Morgan fingerprint density at radius 1 is 1.53 bits per heavy atom. The average Bonchev–Trinajstić information content (AvgIpc) is 2.82. The molecule has 19 heavy (non-hydrogen) atoms. The smallest absolute Gasteiger partial charge is 0.243 e. The molecule has 0 saturated heterocycles. The van der Waals surface area contributed by atoms with E-state index in [4.69, 9.17) is 4.74 Å². The zero-order valence-electron chi connectivity index (χ0n) is 10.6. The van der Waals surface area contributed by atoms with Crippen LogP contribution in [0.5, 0.6) is 5.75 Å². The first-order valence-electron chi connectivity index (χ1n) is 6.25. The van der Waals surface area contributed by atoms with Crippen LogP contribution < -0.4 is 4.74 Å². The quantitative estimate of drug-likeness (QED) is 0.664. The molecule has 0 amide bonds. The van der Waals surface area contributed by atoms with Crippen LogP contribution in [0.2, 0.25) is 0 Å². The molecule has 1 aromatic carbocycles. The fourth-order valence-electron chi connectivity index (χ4n) is 2.51. The summed E-state index contributed by atoms with van der Waals surface area (Å²) >= 11 is 0. The predicted molar refractivity (Wildman–Crippen MR) is 72.8 cm³/mol. The first-order valence-corrected chi connectivity index (χ1v) is 6.25. The molecule has 2 aromatic rings. The van der Waals surface area contributed by atoms with Gasteiger partial charge in [0.25, 0.3) is 0 Å². The second-order valence-corrected chi connectivity index (χ2v) is 4.70. The summed E-state index contributed by atoms with van der Waals surface area (Å²) in [6.45, 7) is 2.24. The van der Waals surface area contributed by atoms with Gasteiger partial charge in [0.2, 0.25) is 5.70 Å². The Hall–Kier alpha value is -2.30. The van der Waals surface area contributed by atoms with Crippen molar-refractivity contribution >= 4 is 17.0 Å². The number of nitrogens with zero attached hydrogens (tertiary/aromatic N) is 1. The highest BCUT2D eigenvalue weighted by molar-refractivity contribution is 5.93. The topological polar surface area (TPSA) is 68.2 Å². The number of fused-ring (bicyclic) bond motifs is 3. The van der Waals surface area contributed by atoms with Crippen LogP contribution in [0.4, 0.5) is 0 Å². The van der Waals surface area contributed by atoms with Gasteiger partial charge in [-0.15, -0.1) is 0 Å². The van der Waals surface area contributed by atoms with Gasteiger partial charge >= 0.3 is 0 Å². The van der Waals surface area contributed by atoms with Crippen LogP contribution in [-0.4, -0.2) is 16.5 Å². The predicted octanol–water partition coefficient (Wildman–Crippen LogP) is 3.13. The van der Waals surface area contributed by atoms with Crippen molar-refractivity contribution in [3.05, 3.63) is 45.3 Å². The second kappa shape index (κ2) is 4.42. The van der Waals surface area contributed by atoms with E-state index in [0.717, 1.165) is 47.2 Å². The zero-order valence-corrected chi connectivity index (χ0v) is 10.6. The molecule has 0 spiro atoms. The highest BCUT2D eigenvalue weighted by atomic mass is 16.6. The number of ether oxygens (including phenoxy) is 1. The van der Waals surface area contributed by atoms with Gasteiger partial charge in [-0.3, -0.25) is 10.1 Å². The number of hydrogen-bond acceptors (Lipinski definition) is 3. The van der Waals surface area contributed by atoms with Crippen molar-refractivity contribution in [1.29, 1.82) is 0 Å². The number of allylic oxidation sites excluding steroid dienone is 1. The monoisotopic (exact) mass is 258 g/mol. The van der Waals surface area contributed by atoms with E-state index in [9.17, 15) is 10.1 Å². The summed E-state index contributed by atoms with van der Waals surface area (Å²) in [4.78, 5) is 13.5. The Morgan fingerprint density at radius 2 is 2.37 bits per heavy atom. The average molecular weight is 258 g/mol. The summed E-state index contributed by atoms with van der Waals surface area (Å²) in [5, 5.41) is 11.8. The van der Waals surface area contributed by atoms with E-state index in [1.54, 1.807) is 6.08 Å². The van der Waals surface area contributed by atoms with Gasteiger partial charge in [-0.2, -0.15) is 0 Å². The maximum atomic E-state index is 10.8. The van der Waals surface area contributed by atoms with Crippen molar-refractivity contribution in [2.24, 2.45) is 0 Å². The molecule has 5 nitrogen and oxygen atoms in total. The molecule has 0 unspecified atom stereocenters. The summed E-state index contributed by atoms with van der Waals surface area (Å²) in [5.41, 5.74) is 3.13. The van der Waals surface area contributed by atoms with Gasteiger partial charge in [0.05, 0.1) is 11.5 Å². The number of hydrogen-bond donors (Lipinski definition) is 1. The Bertz CT molecular complexity index is 685. The number of aromatic amines is 1. The molecule has 1 aliphatic heterocycles. The summed E-state index contributed by atoms with van der Waals surface area (Å²) in [7, 11) is 0. The normalized spacial score (nSPS) is 15.1. The molecule has 0 saturated carbocycles. The van der Waals surface area contributed by atoms with Crippen LogP contribution in [0.25, 0.3) is 17.0 Å². The van der Waals surface area contributed by atoms with E-state index in [2.05, 4.69) is 4.98 Å². The molecule has 2 heterocycles. The van der Waals surface area contributed by atoms with Gasteiger partial charge in [-0.25, -0.2) is 0 Å². The van der Waals surface area contributed by atoms with Crippen molar-refractivity contribution in [2.45, 2.75) is 19.8 Å². The van der Waals surface area contributed by atoms with Crippen LogP contribution in [-0.2, 0) is 6.42 Å². The third-order valence-electron chi connectivity index (χ3n) is 3.42. The molecule has 1 N–H and O–H groups in total. The molecule has 5 heteroatoms. The zero-order chi connectivity index (χ0) is 13.4. The lowest BCUT2D eigenvalue weighted by molar-refractivity contribution is -0.422. The van der Waals surface area contributed by atoms with Gasteiger partial charge in [-0.05, 0) is 25.0 Å². The summed E-state index contributed by atoms with van der Waals surface area (Å²) in [6.07, 6.45) is 5.35. The van der Waals surface area contributed by atoms with E-state index >= 15 is 0 Å². The molecule has 1 aromatic heterocycles. The maximum Gasteiger partial charge on any atom is 0.243 e. The Labute approximate surface area is 110 Å². The van der Waals surface area contributed by atoms with Crippen molar-refractivity contribution in [2.75, 3.05) is 6.61 Å². The highest BCUT2D eigenvalue weighted by Gasteiger charge is 2.17. The minimum absolute atomic E-state index is 0.134. The molecular weight excluding hydrogens is 244 g/mol. The number of rotatable bonds is 2. The van der Waals surface area contributed by atoms with E-state index in [-0.39, 0.29) is 10.6 Å². The molecule has 0 fully saturated rings. The van der Waals surface area contributed by atoms with Crippen molar-refractivity contribution < 1.29 is 9.66 Å². The minimum Gasteiger partial charge on any atom is -0.493 e. The molecule has 0 radical (unpaired) electrons. The van der Waals surface area contributed by atoms with Gasteiger partial charge in [-0.1, -0.05) is 0 Å². The van der Waals surface area contributed by atoms with E-state index < -0.39 is 0 Å². The van der Waals surface area contributed by atoms with Crippen LogP contribution in [0, 0.1) is 10.1 Å². The lowest BCUT2D eigenvalue weighted by Gasteiger charge is -2.18.